The van der Waals surface area contributed by atoms with Gasteiger partial charge in [0.1, 0.15) is 17.4 Å². The topological polar surface area (TPSA) is 51.4 Å². The average molecular weight is 277 g/mol. The third-order valence-electron chi connectivity index (χ3n) is 2.67. The van der Waals surface area contributed by atoms with Crippen LogP contribution in [0.3, 0.4) is 0 Å². The van der Waals surface area contributed by atoms with Gasteiger partial charge in [0.2, 0.25) is 0 Å². The Hall–Kier alpha value is -1.59. The first-order valence-corrected chi connectivity index (χ1v) is 6.98. The van der Waals surface area contributed by atoms with Crippen LogP contribution in [-0.4, -0.2) is 37.1 Å². The van der Waals surface area contributed by atoms with E-state index in [2.05, 4.69) is 9.88 Å². The van der Waals surface area contributed by atoms with Crippen LogP contribution in [0.5, 0.6) is 5.75 Å². The van der Waals surface area contributed by atoms with E-state index in [0.717, 1.165) is 22.9 Å². The van der Waals surface area contributed by atoms with Crippen molar-refractivity contribution in [3.63, 3.8) is 0 Å². The Morgan fingerprint density at radius 1 is 1.37 bits per heavy atom. The zero-order chi connectivity index (χ0) is 13.8. The fraction of sp³-hybridized carbons (Fsp3) is 0.357. The fourth-order valence-electron chi connectivity index (χ4n) is 1.64. The molecule has 0 aliphatic heterocycles. The first-order chi connectivity index (χ1) is 9.06. The fourth-order valence-corrected chi connectivity index (χ4v) is 2.40. The number of rotatable bonds is 5. The third-order valence-corrected chi connectivity index (χ3v) is 3.64. The molecule has 102 valence electrons. The number of aryl methyl sites for hydroxylation is 1. The van der Waals surface area contributed by atoms with Crippen LogP contribution in [0.4, 0.5) is 5.69 Å². The van der Waals surface area contributed by atoms with E-state index in [4.69, 9.17) is 10.5 Å². The molecule has 5 heteroatoms. The monoisotopic (exact) mass is 277 g/mol. The lowest BCUT2D eigenvalue weighted by Crippen LogP contribution is -2.19. The van der Waals surface area contributed by atoms with Crippen LogP contribution >= 0.6 is 11.3 Å². The van der Waals surface area contributed by atoms with Crippen LogP contribution in [0.15, 0.2) is 24.4 Å². The number of likely N-dealkylation sites (N-methyl/N-ethyl adjacent to an activating group) is 1. The van der Waals surface area contributed by atoms with Crippen LogP contribution < -0.4 is 10.5 Å². The molecule has 0 amide bonds. The standard InChI is InChI=1S/C14H19N3OS/c1-10-9-16-14(19-10)11-4-5-13(12(15)8-11)18-7-6-17(2)3/h4-5,8-9H,6-7,15H2,1-3H3. The van der Waals surface area contributed by atoms with E-state index in [1.165, 1.54) is 4.88 Å². The van der Waals surface area contributed by atoms with Gasteiger partial charge in [-0.1, -0.05) is 0 Å². The summed E-state index contributed by atoms with van der Waals surface area (Å²) in [4.78, 5) is 7.62. The van der Waals surface area contributed by atoms with Crippen LogP contribution in [-0.2, 0) is 0 Å². The van der Waals surface area contributed by atoms with Crippen LogP contribution in [0.2, 0.25) is 0 Å². The predicted octanol–water partition coefficient (Wildman–Crippen LogP) is 2.64. The van der Waals surface area contributed by atoms with Crippen molar-refractivity contribution in [1.29, 1.82) is 0 Å². The molecule has 2 N–H and O–H groups in total. The van der Waals surface area contributed by atoms with Gasteiger partial charge in [-0.05, 0) is 39.2 Å². The quantitative estimate of drug-likeness (QED) is 0.854. The highest BCUT2D eigenvalue weighted by atomic mass is 32.1. The molecule has 0 saturated heterocycles. The second kappa shape index (κ2) is 6.04. The molecule has 1 aromatic carbocycles. The second-order valence-corrected chi connectivity index (χ2v) is 5.92. The lowest BCUT2D eigenvalue weighted by molar-refractivity contribution is 0.262. The second-order valence-electron chi connectivity index (χ2n) is 4.68. The molecular weight excluding hydrogens is 258 g/mol. The Labute approximate surface area is 117 Å². The van der Waals surface area contributed by atoms with Gasteiger partial charge < -0.3 is 15.4 Å². The first kappa shape index (κ1) is 13.8. The van der Waals surface area contributed by atoms with Gasteiger partial charge in [0.25, 0.3) is 0 Å². The smallest absolute Gasteiger partial charge is 0.142 e. The molecule has 19 heavy (non-hydrogen) atoms. The summed E-state index contributed by atoms with van der Waals surface area (Å²) in [5.74, 6) is 0.735. The number of benzene rings is 1. The summed E-state index contributed by atoms with van der Waals surface area (Å²) in [5.41, 5.74) is 7.71. The van der Waals surface area contributed by atoms with Gasteiger partial charge in [-0.25, -0.2) is 4.98 Å². The number of ether oxygens (including phenoxy) is 1. The van der Waals surface area contributed by atoms with Crippen molar-refractivity contribution < 1.29 is 4.74 Å². The van der Waals surface area contributed by atoms with Crippen LogP contribution in [0, 0.1) is 6.92 Å². The van der Waals surface area contributed by atoms with Crippen molar-refractivity contribution in [1.82, 2.24) is 9.88 Å². The summed E-state index contributed by atoms with van der Waals surface area (Å²) < 4.78 is 5.66. The summed E-state index contributed by atoms with van der Waals surface area (Å²) in [7, 11) is 4.03. The number of hydrogen-bond acceptors (Lipinski definition) is 5. The Bertz CT molecular complexity index is 551. The Morgan fingerprint density at radius 3 is 2.74 bits per heavy atom. The molecular formula is C14H19N3OS. The largest absolute Gasteiger partial charge is 0.490 e. The van der Waals surface area contributed by atoms with Gasteiger partial charge in [-0.2, -0.15) is 0 Å². The molecule has 0 radical (unpaired) electrons. The molecule has 2 rings (SSSR count). The summed E-state index contributed by atoms with van der Waals surface area (Å²) >= 11 is 1.66. The number of nitrogens with two attached hydrogens (primary N) is 1. The maximum atomic E-state index is 6.02. The molecule has 0 saturated carbocycles. The van der Waals surface area contributed by atoms with Gasteiger partial charge in [-0.15, -0.1) is 11.3 Å². The van der Waals surface area contributed by atoms with Crippen molar-refractivity contribution in [2.24, 2.45) is 0 Å². The summed E-state index contributed by atoms with van der Waals surface area (Å²) in [6.45, 7) is 3.54. The number of hydrogen-bond donors (Lipinski definition) is 1. The van der Waals surface area contributed by atoms with Crippen molar-refractivity contribution in [2.45, 2.75) is 6.92 Å². The van der Waals surface area contributed by atoms with Crippen molar-refractivity contribution in [3.05, 3.63) is 29.3 Å². The average Bonchev–Trinajstić information content (AvgIpc) is 2.77. The number of anilines is 1. The third kappa shape index (κ3) is 3.68. The lowest BCUT2D eigenvalue weighted by atomic mass is 10.2. The molecule has 1 aromatic heterocycles. The van der Waals surface area contributed by atoms with Crippen molar-refractivity contribution >= 4 is 17.0 Å². The molecule has 2 aromatic rings. The van der Waals surface area contributed by atoms with Crippen molar-refractivity contribution in [2.75, 3.05) is 33.0 Å². The number of nitrogens with zero attached hydrogens (tertiary/aromatic N) is 2. The van der Waals surface area contributed by atoms with E-state index >= 15 is 0 Å². The Morgan fingerprint density at radius 2 is 2.16 bits per heavy atom. The van der Waals surface area contributed by atoms with E-state index < -0.39 is 0 Å². The van der Waals surface area contributed by atoms with Crippen LogP contribution in [0.25, 0.3) is 10.6 Å². The van der Waals surface area contributed by atoms with E-state index in [0.29, 0.717) is 12.3 Å². The zero-order valence-electron chi connectivity index (χ0n) is 11.5. The summed E-state index contributed by atoms with van der Waals surface area (Å²) in [6, 6.07) is 5.83. The van der Waals surface area contributed by atoms with E-state index in [9.17, 15) is 0 Å². The number of aromatic nitrogens is 1. The molecule has 0 fully saturated rings. The van der Waals surface area contributed by atoms with Gasteiger partial charge in [0.15, 0.2) is 0 Å². The van der Waals surface area contributed by atoms with E-state index in [-0.39, 0.29) is 0 Å². The van der Waals surface area contributed by atoms with Crippen LogP contribution in [0.1, 0.15) is 4.88 Å². The summed E-state index contributed by atoms with van der Waals surface area (Å²) in [5, 5.41) is 0.990. The Balaban J connectivity index is 2.09. The highest BCUT2D eigenvalue weighted by Crippen LogP contribution is 2.30. The van der Waals surface area contributed by atoms with Gasteiger partial charge >= 0.3 is 0 Å². The van der Waals surface area contributed by atoms with Gasteiger partial charge in [-0.3, -0.25) is 0 Å². The van der Waals surface area contributed by atoms with Crippen molar-refractivity contribution in [3.8, 4) is 16.3 Å². The molecule has 0 atom stereocenters. The Kier molecular flexibility index (Phi) is 4.39. The molecule has 0 aliphatic carbocycles. The maximum Gasteiger partial charge on any atom is 0.142 e. The van der Waals surface area contributed by atoms with E-state index in [1.807, 2.05) is 45.4 Å². The number of nitrogen functional groups attached to an aromatic ring is 1. The molecule has 4 nitrogen and oxygen atoms in total. The predicted molar refractivity (Wildman–Crippen MR) is 80.7 cm³/mol. The minimum absolute atomic E-state index is 0.632. The SMILES string of the molecule is Cc1cnc(-c2ccc(OCCN(C)C)c(N)c2)s1. The molecule has 0 unspecified atom stereocenters. The molecule has 0 bridgehead atoms. The highest BCUT2D eigenvalue weighted by molar-refractivity contribution is 7.14. The highest BCUT2D eigenvalue weighted by Gasteiger charge is 2.07. The minimum Gasteiger partial charge on any atom is -0.490 e. The minimum atomic E-state index is 0.632. The molecule has 0 aliphatic rings. The maximum absolute atomic E-state index is 6.02. The van der Waals surface area contributed by atoms with E-state index in [1.54, 1.807) is 11.3 Å². The van der Waals surface area contributed by atoms with Gasteiger partial charge in [0, 0.05) is 23.2 Å². The number of thiazole rings is 1. The summed E-state index contributed by atoms with van der Waals surface area (Å²) in [6.07, 6.45) is 1.87. The first-order valence-electron chi connectivity index (χ1n) is 6.16. The normalized spacial score (nSPS) is 10.9. The lowest BCUT2D eigenvalue weighted by Gasteiger charge is -2.12. The van der Waals surface area contributed by atoms with Gasteiger partial charge in [0.05, 0.1) is 5.69 Å². The zero-order valence-corrected chi connectivity index (χ0v) is 12.3. The molecule has 1 heterocycles. The molecule has 0 spiro atoms.